The molecule has 1 heterocycles. The number of esters is 1. The van der Waals surface area contributed by atoms with Crippen molar-refractivity contribution >= 4 is 28.9 Å². The summed E-state index contributed by atoms with van der Waals surface area (Å²) in [4.78, 5) is 27.5. The van der Waals surface area contributed by atoms with E-state index in [1.807, 2.05) is 31.2 Å². The fourth-order valence-corrected chi connectivity index (χ4v) is 2.58. The van der Waals surface area contributed by atoms with Crippen LogP contribution < -0.4 is 5.32 Å². The Morgan fingerprint density at radius 3 is 2.74 bits per heavy atom. The van der Waals surface area contributed by atoms with Crippen molar-refractivity contribution in [1.82, 2.24) is 4.98 Å². The second-order valence-electron chi connectivity index (χ2n) is 4.93. The molecule has 120 valence electrons. The Balaban J connectivity index is 1.84. The van der Waals surface area contributed by atoms with Crippen molar-refractivity contribution in [2.24, 2.45) is 0 Å². The fraction of sp³-hybridized carbons (Fsp3) is 0.235. The molecule has 0 saturated heterocycles. The molecule has 2 aromatic rings. The molecule has 0 atom stereocenters. The Hall–Kier alpha value is -2.47. The van der Waals surface area contributed by atoms with Crippen LogP contribution in [0, 0.1) is 6.92 Å². The number of aromatic nitrogens is 1. The number of benzene rings is 1. The Kier molecular flexibility index (Phi) is 6.05. The van der Waals surface area contributed by atoms with E-state index in [9.17, 15) is 9.59 Å². The van der Waals surface area contributed by atoms with Gasteiger partial charge >= 0.3 is 5.97 Å². The topological polar surface area (TPSA) is 68.3 Å². The third kappa shape index (κ3) is 5.67. The number of rotatable bonds is 6. The quantitative estimate of drug-likeness (QED) is 0.652. The summed E-state index contributed by atoms with van der Waals surface area (Å²) >= 11 is 1.37. The van der Waals surface area contributed by atoms with Crippen molar-refractivity contribution in [3.63, 3.8) is 0 Å². The molecule has 0 radical (unpaired) electrons. The first-order valence-corrected chi connectivity index (χ1v) is 8.04. The van der Waals surface area contributed by atoms with E-state index in [4.69, 9.17) is 4.74 Å². The second-order valence-corrected chi connectivity index (χ2v) is 5.87. The van der Waals surface area contributed by atoms with E-state index in [1.54, 1.807) is 18.4 Å². The van der Waals surface area contributed by atoms with Gasteiger partial charge in [0.2, 0.25) is 5.91 Å². The number of anilines is 1. The van der Waals surface area contributed by atoms with Crippen LogP contribution in [0.1, 0.15) is 23.2 Å². The number of carbonyl (C=O) groups excluding carboxylic acids is 2. The van der Waals surface area contributed by atoms with Gasteiger partial charge in [0, 0.05) is 17.1 Å². The minimum absolute atomic E-state index is 0.110. The Labute approximate surface area is 139 Å². The minimum Gasteiger partial charge on any atom is -0.456 e. The predicted octanol–water partition coefficient (Wildman–Crippen LogP) is 3.25. The van der Waals surface area contributed by atoms with Crippen LogP contribution in [0.3, 0.4) is 0 Å². The van der Waals surface area contributed by atoms with Crippen molar-refractivity contribution in [1.29, 1.82) is 0 Å². The number of ether oxygens (including phenoxy) is 1. The zero-order valence-electron chi connectivity index (χ0n) is 13.0. The van der Waals surface area contributed by atoms with Gasteiger partial charge in [-0.15, -0.1) is 11.3 Å². The van der Waals surface area contributed by atoms with Crippen molar-refractivity contribution in [2.45, 2.75) is 26.9 Å². The van der Waals surface area contributed by atoms with E-state index < -0.39 is 5.97 Å². The fourth-order valence-electron chi connectivity index (χ4n) is 1.81. The summed E-state index contributed by atoms with van der Waals surface area (Å²) in [5.41, 5.74) is 2.55. The molecule has 0 spiro atoms. The van der Waals surface area contributed by atoms with Crippen LogP contribution >= 0.6 is 11.3 Å². The molecule has 1 N–H and O–H groups in total. The van der Waals surface area contributed by atoms with E-state index in [2.05, 4.69) is 10.3 Å². The standard InChI is InChI=1S/C17H18N2O3S/c1-3-4-17(21)22-10-14-11-23-16(19-14)9-15(20)18-13-7-5-12(2)6-8-13/h3-8,11H,9-10H2,1-2H3,(H,18,20)/b4-3+. The SMILES string of the molecule is C/C=C/C(=O)OCc1csc(CC(=O)Nc2ccc(C)cc2)n1. The van der Waals surface area contributed by atoms with E-state index in [0.29, 0.717) is 10.7 Å². The number of hydrogen-bond acceptors (Lipinski definition) is 5. The highest BCUT2D eigenvalue weighted by Crippen LogP contribution is 2.13. The van der Waals surface area contributed by atoms with Crippen molar-refractivity contribution in [2.75, 3.05) is 5.32 Å². The first-order chi connectivity index (χ1) is 11.1. The van der Waals surface area contributed by atoms with Gasteiger partial charge in [0.05, 0.1) is 12.1 Å². The lowest BCUT2D eigenvalue weighted by Gasteiger charge is -2.04. The maximum atomic E-state index is 12.0. The van der Waals surface area contributed by atoms with Crippen LogP contribution in [-0.2, 0) is 27.4 Å². The normalized spacial score (nSPS) is 10.7. The number of carbonyl (C=O) groups is 2. The summed E-state index contributed by atoms with van der Waals surface area (Å²) in [6.07, 6.45) is 3.16. The Morgan fingerprint density at radius 2 is 2.04 bits per heavy atom. The highest BCUT2D eigenvalue weighted by atomic mass is 32.1. The van der Waals surface area contributed by atoms with Crippen molar-refractivity contribution in [3.8, 4) is 0 Å². The van der Waals surface area contributed by atoms with Gasteiger partial charge in [0.15, 0.2) is 0 Å². The van der Waals surface area contributed by atoms with E-state index in [-0.39, 0.29) is 18.9 Å². The first-order valence-electron chi connectivity index (χ1n) is 7.16. The molecule has 1 aromatic carbocycles. The highest BCUT2D eigenvalue weighted by Gasteiger charge is 2.09. The Bertz CT molecular complexity index is 705. The summed E-state index contributed by atoms with van der Waals surface area (Å²) in [5, 5.41) is 5.30. The van der Waals surface area contributed by atoms with E-state index in [1.165, 1.54) is 17.4 Å². The maximum Gasteiger partial charge on any atom is 0.330 e. The molecule has 5 nitrogen and oxygen atoms in total. The number of amides is 1. The van der Waals surface area contributed by atoms with Crippen LogP contribution in [0.15, 0.2) is 41.8 Å². The van der Waals surface area contributed by atoms with Gasteiger partial charge < -0.3 is 10.1 Å². The van der Waals surface area contributed by atoms with Gasteiger partial charge in [0.25, 0.3) is 0 Å². The molecule has 6 heteroatoms. The summed E-state index contributed by atoms with van der Waals surface area (Å²) in [5.74, 6) is -0.528. The zero-order chi connectivity index (χ0) is 16.7. The van der Waals surface area contributed by atoms with Crippen LogP contribution in [-0.4, -0.2) is 16.9 Å². The number of nitrogens with one attached hydrogen (secondary N) is 1. The van der Waals surface area contributed by atoms with Crippen molar-refractivity contribution < 1.29 is 14.3 Å². The van der Waals surface area contributed by atoms with E-state index in [0.717, 1.165) is 11.3 Å². The molecule has 2 rings (SSSR count). The van der Waals surface area contributed by atoms with Gasteiger partial charge in [-0.3, -0.25) is 4.79 Å². The molecule has 1 aromatic heterocycles. The lowest BCUT2D eigenvalue weighted by atomic mass is 10.2. The molecule has 0 aliphatic heterocycles. The smallest absolute Gasteiger partial charge is 0.330 e. The third-order valence-electron chi connectivity index (χ3n) is 2.91. The number of hydrogen-bond donors (Lipinski definition) is 1. The average Bonchev–Trinajstić information content (AvgIpc) is 2.95. The average molecular weight is 330 g/mol. The number of allylic oxidation sites excluding steroid dienone is 1. The number of nitrogens with zero attached hydrogens (tertiary/aromatic N) is 1. The van der Waals surface area contributed by atoms with Gasteiger partial charge in [-0.25, -0.2) is 9.78 Å². The van der Waals surface area contributed by atoms with E-state index >= 15 is 0 Å². The molecule has 0 aliphatic rings. The zero-order valence-corrected chi connectivity index (χ0v) is 13.9. The van der Waals surface area contributed by atoms with Crippen LogP contribution in [0.5, 0.6) is 0 Å². The minimum atomic E-state index is -0.404. The molecule has 0 saturated carbocycles. The van der Waals surface area contributed by atoms with Crippen LogP contribution in [0.2, 0.25) is 0 Å². The molecule has 0 aliphatic carbocycles. The van der Waals surface area contributed by atoms with Gasteiger partial charge in [-0.05, 0) is 26.0 Å². The van der Waals surface area contributed by atoms with Gasteiger partial charge in [-0.1, -0.05) is 23.8 Å². The molecular weight excluding hydrogens is 312 g/mol. The van der Waals surface area contributed by atoms with Crippen LogP contribution in [0.4, 0.5) is 5.69 Å². The maximum absolute atomic E-state index is 12.0. The molecule has 0 fully saturated rings. The van der Waals surface area contributed by atoms with Crippen LogP contribution in [0.25, 0.3) is 0 Å². The van der Waals surface area contributed by atoms with Gasteiger partial charge in [-0.2, -0.15) is 0 Å². The summed E-state index contributed by atoms with van der Waals surface area (Å²) in [7, 11) is 0. The first kappa shape index (κ1) is 16.9. The molecule has 1 amide bonds. The third-order valence-corrected chi connectivity index (χ3v) is 3.81. The summed E-state index contributed by atoms with van der Waals surface area (Å²) in [6, 6.07) is 7.61. The molecular formula is C17H18N2O3S. The monoisotopic (exact) mass is 330 g/mol. The van der Waals surface area contributed by atoms with Crippen molar-refractivity contribution in [3.05, 3.63) is 58.1 Å². The Morgan fingerprint density at radius 1 is 1.30 bits per heavy atom. The lowest BCUT2D eigenvalue weighted by molar-refractivity contribution is -0.139. The largest absolute Gasteiger partial charge is 0.456 e. The predicted molar refractivity (Wildman–Crippen MR) is 90.2 cm³/mol. The lowest BCUT2D eigenvalue weighted by Crippen LogP contribution is -2.14. The summed E-state index contributed by atoms with van der Waals surface area (Å²) < 4.78 is 5.01. The van der Waals surface area contributed by atoms with Gasteiger partial charge in [0.1, 0.15) is 11.6 Å². The second kappa shape index (κ2) is 8.24. The number of thiazole rings is 1. The molecule has 0 unspecified atom stereocenters. The highest BCUT2D eigenvalue weighted by molar-refractivity contribution is 7.09. The number of aryl methyl sites for hydroxylation is 1. The molecule has 0 bridgehead atoms. The molecule has 23 heavy (non-hydrogen) atoms. The summed E-state index contributed by atoms with van der Waals surface area (Å²) in [6.45, 7) is 3.85.